The summed E-state index contributed by atoms with van der Waals surface area (Å²) in [6.45, 7) is 0. The lowest BCUT2D eigenvalue weighted by Gasteiger charge is -2.07. The SMILES string of the molecule is O=C(C[C@@H]1SC(=Nc2cccc(C(F)(F)F)c2)NC1=O)Nc1ccccc1. The van der Waals surface area contributed by atoms with Crippen molar-refractivity contribution in [3.63, 3.8) is 0 Å². The van der Waals surface area contributed by atoms with Crippen molar-refractivity contribution in [2.45, 2.75) is 17.8 Å². The van der Waals surface area contributed by atoms with Gasteiger partial charge < -0.3 is 10.6 Å². The van der Waals surface area contributed by atoms with Gasteiger partial charge in [0.1, 0.15) is 5.25 Å². The summed E-state index contributed by atoms with van der Waals surface area (Å²) in [5.74, 6) is -0.747. The van der Waals surface area contributed by atoms with Crippen LogP contribution in [0, 0.1) is 0 Å². The van der Waals surface area contributed by atoms with Crippen LogP contribution in [-0.2, 0) is 15.8 Å². The van der Waals surface area contributed by atoms with Crippen LogP contribution < -0.4 is 10.6 Å². The fourth-order valence-electron chi connectivity index (χ4n) is 2.36. The molecule has 2 aromatic carbocycles. The second kappa shape index (κ2) is 7.83. The first kappa shape index (κ1) is 19.0. The number of hydrogen-bond donors (Lipinski definition) is 2. The smallest absolute Gasteiger partial charge is 0.326 e. The number of anilines is 1. The van der Waals surface area contributed by atoms with Crippen LogP contribution in [0.25, 0.3) is 0 Å². The van der Waals surface area contributed by atoms with Gasteiger partial charge in [-0.1, -0.05) is 36.0 Å². The molecule has 0 spiro atoms. The van der Waals surface area contributed by atoms with Gasteiger partial charge in [-0.3, -0.25) is 9.59 Å². The maximum Gasteiger partial charge on any atom is 0.416 e. The molecule has 2 N–H and O–H groups in total. The van der Waals surface area contributed by atoms with E-state index in [0.717, 1.165) is 23.9 Å². The standard InChI is InChI=1S/C18H14F3N3O2S/c19-18(20,21)11-5-4-8-13(9-11)23-17-24-16(26)14(27-17)10-15(25)22-12-6-2-1-3-7-12/h1-9,14H,10H2,(H,22,25)(H,23,24,26)/t14-/m0/s1. The van der Waals surface area contributed by atoms with E-state index in [9.17, 15) is 22.8 Å². The fourth-order valence-corrected chi connectivity index (χ4v) is 3.35. The van der Waals surface area contributed by atoms with E-state index in [2.05, 4.69) is 15.6 Å². The summed E-state index contributed by atoms with van der Waals surface area (Å²) in [6.07, 6.45) is -4.55. The Morgan fingerprint density at radius 2 is 1.89 bits per heavy atom. The van der Waals surface area contributed by atoms with E-state index >= 15 is 0 Å². The van der Waals surface area contributed by atoms with E-state index in [0.29, 0.717) is 5.69 Å². The van der Waals surface area contributed by atoms with Gasteiger partial charge in [0, 0.05) is 12.1 Å². The third kappa shape index (κ3) is 5.10. The Balaban J connectivity index is 1.65. The van der Waals surface area contributed by atoms with E-state index in [4.69, 9.17) is 0 Å². The zero-order chi connectivity index (χ0) is 19.4. The number of hydrogen-bond acceptors (Lipinski definition) is 4. The predicted molar refractivity (Wildman–Crippen MR) is 97.7 cm³/mol. The van der Waals surface area contributed by atoms with Crippen LogP contribution >= 0.6 is 11.8 Å². The first-order valence-electron chi connectivity index (χ1n) is 7.89. The number of rotatable bonds is 4. The Morgan fingerprint density at radius 1 is 1.15 bits per heavy atom. The largest absolute Gasteiger partial charge is 0.416 e. The molecule has 0 aromatic heterocycles. The molecule has 0 aliphatic carbocycles. The maximum absolute atomic E-state index is 12.8. The van der Waals surface area contributed by atoms with E-state index in [-0.39, 0.29) is 23.2 Å². The van der Waals surface area contributed by atoms with Gasteiger partial charge in [0.25, 0.3) is 0 Å². The van der Waals surface area contributed by atoms with Crippen molar-refractivity contribution in [1.29, 1.82) is 0 Å². The van der Waals surface area contributed by atoms with Crippen molar-refractivity contribution in [2.24, 2.45) is 4.99 Å². The van der Waals surface area contributed by atoms with E-state index in [1.165, 1.54) is 12.1 Å². The molecule has 1 fully saturated rings. The number of nitrogens with zero attached hydrogens (tertiary/aromatic N) is 1. The Kier molecular flexibility index (Phi) is 5.50. The molecule has 2 amide bonds. The zero-order valence-corrected chi connectivity index (χ0v) is 14.6. The van der Waals surface area contributed by atoms with E-state index < -0.39 is 22.9 Å². The number of carbonyl (C=O) groups is 2. The van der Waals surface area contributed by atoms with Gasteiger partial charge in [0.2, 0.25) is 11.8 Å². The quantitative estimate of drug-likeness (QED) is 0.826. The van der Waals surface area contributed by atoms with Crippen LogP contribution in [0.1, 0.15) is 12.0 Å². The number of thioether (sulfide) groups is 1. The highest BCUT2D eigenvalue weighted by Gasteiger charge is 2.33. The minimum absolute atomic E-state index is 0.0713. The van der Waals surface area contributed by atoms with Crippen LogP contribution in [0.2, 0.25) is 0 Å². The molecule has 1 atom stereocenters. The molecule has 1 aliphatic rings. The molecule has 0 unspecified atom stereocenters. The van der Waals surface area contributed by atoms with Gasteiger partial charge in [-0.2, -0.15) is 13.2 Å². The maximum atomic E-state index is 12.8. The summed E-state index contributed by atoms with van der Waals surface area (Å²) < 4.78 is 38.3. The van der Waals surface area contributed by atoms with Crippen LogP contribution in [0.15, 0.2) is 59.6 Å². The molecule has 27 heavy (non-hydrogen) atoms. The number of amidine groups is 1. The summed E-state index contributed by atoms with van der Waals surface area (Å²) >= 11 is 1.01. The molecule has 2 aromatic rings. The van der Waals surface area contributed by atoms with E-state index in [1.807, 2.05) is 6.07 Å². The third-order valence-corrected chi connectivity index (χ3v) is 4.69. The molecule has 1 heterocycles. The van der Waals surface area contributed by atoms with Crippen LogP contribution in [-0.4, -0.2) is 22.2 Å². The zero-order valence-electron chi connectivity index (χ0n) is 13.8. The number of amides is 2. The first-order valence-corrected chi connectivity index (χ1v) is 8.77. The van der Waals surface area contributed by atoms with Crippen molar-refractivity contribution in [1.82, 2.24) is 5.32 Å². The molecular weight excluding hydrogens is 379 g/mol. The Hall–Kier alpha value is -2.81. The molecule has 1 saturated heterocycles. The Bertz CT molecular complexity index is 885. The van der Waals surface area contributed by atoms with Crippen molar-refractivity contribution in [2.75, 3.05) is 5.32 Å². The normalized spacial score (nSPS) is 18.4. The number of carbonyl (C=O) groups excluding carboxylic acids is 2. The second-order valence-electron chi connectivity index (χ2n) is 5.68. The summed E-state index contributed by atoms with van der Waals surface area (Å²) in [5, 5.41) is 4.64. The highest BCUT2D eigenvalue weighted by molar-refractivity contribution is 8.15. The lowest BCUT2D eigenvalue weighted by atomic mass is 10.2. The number of halogens is 3. The van der Waals surface area contributed by atoms with Gasteiger partial charge >= 0.3 is 6.18 Å². The fraction of sp³-hybridized carbons (Fsp3) is 0.167. The summed E-state index contributed by atoms with van der Waals surface area (Å²) in [5.41, 5.74) is -0.136. The van der Waals surface area contributed by atoms with Crippen LogP contribution in [0.3, 0.4) is 0 Å². The molecule has 0 bridgehead atoms. The molecular formula is C18H14F3N3O2S. The molecule has 5 nitrogen and oxygen atoms in total. The first-order chi connectivity index (χ1) is 12.8. The predicted octanol–water partition coefficient (Wildman–Crippen LogP) is 3.95. The molecule has 9 heteroatoms. The van der Waals surface area contributed by atoms with Gasteiger partial charge in [-0.25, -0.2) is 4.99 Å². The van der Waals surface area contributed by atoms with Crippen LogP contribution in [0.4, 0.5) is 24.5 Å². The summed E-state index contributed by atoms with van der Waals surface area (Å²) in [7, 11) is 0. The topological polar surface area (TPSA) is 70.6 Å². The summed E-state index contributed by atoms with van der Waals surface area (Å²) in [4.78, 5) is 28.1. The number of alkyl halides is 3. The molecule has 0 saturated carbocycles. The Morgan fingerprint density at radius 3 is 2.59 bits per heavy atom. The monoisotopic (exact) mass is 393 g/mol. The molecule has 140 valence electrons. The van der Waals surface area contributed by atoms with E-state index in [1.54, 1.807) is 24.3 Å². The highest BCUT2D eigenvalue weighted by atomic mass is 32.2. The van der Waals surface area contributed by atoms with Crippen molar-refractivity contribution in [3.05, 3.63) is 60.2 Å². The third-order valence-electron chi connectivity index (χ3n) is 3.61. The van der Waals surface area contributed by atoms with Gasteiger partial charge in [0.15, 0.2) is 5.17 Å². The minimum atomic E-state index is -4.47. The van der Waals surface area contributed by atoms with Gasteiger partial charge in [-0.15, -0.1) is 0 Å². The van der Waals surface area contributed by atoms with Gasteiger partial charge in [0.05, 0.1) is 11.3 Å². The average Bonchev–Trinajstić information content (AvgIpc) is 2.94. The molecule has 0 radical (unpaired) electrons. The van der Waals surface area contributed by atoms with Crippen LogP contribution in [0.5, 0.6) is 0 Å². The number of nitrogens with one attached hydrogen (secondary N) is 2. The van der Waals surface area contributed by atoms with Crippen molar-refractivity contribution >= 4 is 40.1 Å². The highest BCUT2D eigenvalue weighted by Crippen LogP contribution is 2.32. The number of benzene rings is 2. The lowest BCUT2D eigenvalue weighted by molar-refractivity contribution is -0.137. The number of aliphatic imine (C=N–C) groups is 1. The minimum Gasteiger partial charge on any atom is -0.326 e. The molecule has 1 aliphatic heterocycles. The summed E-state index contributed by atoms with van der Waals surface area (Å²) in [6, 6.07) is 13.3. The average molecular weight is 393 g/mol. The second-order valence-corrected chi connectivity index (χ2v) is 6.87. The van der Waals surface area contributed by atoms with Crippen molar-refractivity contribution < 1.29 is 22.8 Å². The lowest BCUT2D eigenvalue weighted by Crippen LogP contribution is -2.28. The molecule has 3 rings (SSSR count). The van der Waals surface area contributed by atoms with Crippen molar-refractivity contribution in [3.8, 4) is 0 Å². The number of para-hydroxylation sites is 1. The Labute approximate surface area is 157 Å². The van der Waals surface area contributed by atoms with Gasteiger partial charge in [-0.05, 0) is 30.3 Å².